The van der Waals surface area contributed by atoms with Crippen LogP contribution >= 0.6 is 11.8 Å². The minimum Gasteiger partial charge on any atom is -0.392 e. The molecule has 1 atom stereocenters. The fourth-order valence-corrected chi connectivity index (χ4v) is 3.14. The molecule has 0 saturated heterocycles. The van der Waals surface area contributed by atoms with Crippen LogP contribution < -0.4 is 0 Å². The summed E-state index contributed by atoms with van der Waals surface area (Å²) in [5.41, 5.74) is 0.753. The predicted octanol–water partition coefficient (Wildman–Crippen LogP) is 3.16. The predicted molar refractivity (Wildman–Crippen MR) is 80.3 cm³/mol. The average molecular weight is 342 g/mol. The van der Waals surface area contributed by atoms with Crippen molar-refractivity contribution in [3.63, 3.8) is 0 Å². The molecule has 23 heavy (non-hydrogen) atoms. The van der Waals surface area contributed by atoms with Gasteiger partial charge in [-0.05, 0) is 18.6 Å². The third kappa shape index (κ3) is 2.98. The van der Waals surface area contributed by atoms with Gasteiger partial charge in [0.1, 0.15) is 5.03 Å². The van der Waals surface area contributed by atoms with Crippen LogP contribution in [-0.4, -0.2) is 36.5 Å². The highest BCUT2D eigenvalue weighted by molar-refractivity contribution is 7.99. The van der Waals surface area contributed by atoms with Crippen molar-refractivity contribution in [1.82, 2.24) is 19.6 Å². The summed E-state index contributed by atoms with van der Waals surface area (Å²) in [5.74, 6) is -0.755. The van der Waals surface area contributed by atoms with Gasteiger partial charge < -0.3 is 5.11 Å². The summed E-state index contributed by atoms with van der Waals surface area (Å²) in [6, 6.07) is 6.52. The van der Waals surface area contributed by atoms with Gasteiger partial charge in [0.25, 0.3) is 0 Å². The third-order valence-corrected chi connectivity index (χ3v) is 4.43. The smallest absolute Gasteiger partial charge is 0.392 e. The number of hydrogen-bond donors (Lipinski definition) is 1. The number of thioether (sulfide) groups is 1. The molecule has 1 N–H and O–H groups in total. The molecule has 0 aliphatic carbocycles. The average Bonchev–Trinajstić information content (AvgIpc) is 2.97. The molecule has 1 unspecified atom stereocenters. The second-order valence-electron chi connectivity index (χ2n) is 4.96. The number of nitrogens with zero attached hydrogens (tertiary/aromatic N) is 4. The van der Waals surface area contributed by atoms with Gasteiger partial charge in [-0.3, -0.25) is 4.40 Å². The quantitative estimate of drug-likeness (QED) is 0.738. The van der Waals surface area contributed by atoms with Gasteiger partial charge in [-0.15, -0.1) is 10.2 Å². The second kappa shape index (κ2) is 5.97. The standard InChI is InChI=1S/C14H13F3N4OS/c1-2-8(22)7-23-12-11-19-20-13(14(15,16)17)21(11)10-6-4-3-5-9(10)18-12/h3-6,8,22H,2,7H2,1H3. The van der Waals surface area contributed by atoms with Crippen LogP contribution in [0.4, 0.5) is 13.2 Å². The van der Waals surface area contributed by atoms with Gasteiger partial charge in [0.2, 0.25) is 5.82 Å². The van der Waals surface area contributed by atoms with E-state index in [9.17, 15) is 18.3 Å². The molecule has 0 spiro atoms. The molecule has 122 valence electrons. The first kappa shape index (κ1) is 16.0. The van der Waals surface area contributed by atoms with Gasteiger partial charge in [0.05, 0.1) is 17.1 Å². The van der Waals surface area contributed by atoms with Crippen molar-refractivity contribution >= 4 is 28.4 Å². The summed E-state index contributed by atoms with van der Waals surface area (Å²) in [5, 5.41) is 17.0. The van der Waals surface area contributed by atoms with Crippen LogP contribution in [0.25, 0.3) is 16.7 Å². The summed E-state index contributed by atoms with van der Waals surface area (Å²) < 4.78 is 40.5. The molecule has 2 aromatic heterocycles. The Hall–Kier alpha value is -1.87. The van der Waals surface area contributed by atoms with E-state index in [1.165, 1.54) is 11.8 Å². The van der Waals surface area contributed by atoms with Gasteiger partial charge in [0, 0.05) is 5.75 Å². The van der Waals surface area contributed by atoms with E-state index in [-0.39, 0.29) is 5.65 Å². The normalized spacial score (nSPS) is 13.8. The molecule has 2 heterocycles. The van der Waals surface area contributed by atoms with Crippen molar-refractivity contribution in [1.29, 1.82) is 0 Å². The maximum atomic E-state index is 13.2. The fraction of sp³-hybridized carbons (Fsp3) is 0.357. The molecular formula is C14H13F3N4OS. The highest BCUT2D eigenvalue weighted by Gasteiger charge is 2.38. The van der Waals surface area contributed by atoms with E-state index in [1.807, 2.05) is 6.92 Å². The molecule has 5 nitrogen and oxygen atoms in total. The van der Waals surface area contributed by atoms with Crippen LogP contribution in [-0.2, 0) is 6.18 Å². The summed E-state index contributed by atoms with van der Waals surface area (Å²) >= 11 is 1.17. The van der Waals surface area contributed by atoms with Crippen molar-refractivity contribution in [3.8, 4) is 0 Å². The summed E-state index contributed by atoms with van der Waals surface area (Å²) in [6.07, 6.45) is -4.62. The number of aliphatic hydroxyl groups excluding tert-OH is 1. The summed E-state index contributed by atoms with van der Waals surface area (Å²) in [7, 11) is 0. The lowest BCUT2D eigenvalue weighted by molar-refractivity contribution is -0.145. The zero-order valence-corrected chi connectivity index (χ0v) is 12.9. The Morgan fingerprint density at radius 3 is 2.70 bits per heavy atom. The Bertz CT molecular complexity index is 849. The molecule has 1 aromatic carbocycles. The molecule has 0 aliphatic rings. The maximum Gasteiger partial charge on any atom is 0.452 e. The Morgan fingerprint density at radius 1 is 1.26 bits per heavy atom. The van der Waals surface area contributed by atoms with Crippen LogP contribution in [0, 0.1) is 0 Å². The minimum absolute atomic E-state index is 0.0457. The van der Waals surface area contributed by atoms with Crippen LogP contribution in [0.2, 0.25) is 0 Å². The molecular weight excluding hydrogens is 329 g/mol. The van der Waals surface area contributed by atoms with Gasteiger partial charge in [-0.1, -0.05) is 30.8 Å². The number of aromatic nitrogens is 4. The van der Waals surface area contributed by atoms with Gasteiger partial charge in [0.15, 0.2) is 5.65 Å². The second-order valence-corrected chi connectivity index (χ2v) is 5.97. The SMILES string of the molecule is CCC(O)CSc1nc2ccccc2n2c(C(F)(F)F)nnc12. The first-order valence-electron chi connectivity index (χ1n) is 6.93. The topological polar surface area (TPSA) is 63.3 Å². The van der Waals surface area contributed by atoms with Crippen molar-refractivity contribution < 1.29 is 18.3 Å². The number of halogens is 3. The van der Waals surface area contributed by atoms with E-state index in [0.717, 1.165) is 4.40 Å². The van der Waals surface area contributed by atoms with Crippen LogP contribution in [0.1, 0.15) is 19.2 Å². The van der Waals surface area contributed by atoms with Crippen molar-refractivity contribution in [3.05, 3.63) is 30.1 Å². The number of hydrogen-bond acceptors (Lipinski definition) is 5. The molecule has 0 aliphatic heterocycles. The first-order valence-corrected chi connectivity index (χ1v) is 7.92. The molecule has 0 radical (unpaired) electrons. The molecule has 0 bridgehead atoms. The molecule has 0 amide bonds. The monoisotopic (exact) mass is 342 g/mol. The van der Waals surface area contributed by atoms with Gasteiger partial charge in [-0.2, -0.15) is 13.2 Å². The fourth-order valence-electron chi connectivity index (χ4n) is 2.13. The Kier molecular flexibility index (Phi) is 4.15. The lowest BCUT2D eigenvalue weighted by Gasteiger charge is -2.10. The van der Waals surface area contributed by atoms with Crippen LogP contribution in [0.15, 0.2) is 29.3 Å². The van der Waals surface area contributed by atoms with E-state index in [0.29, 0.717) is 28.2 Å². The van der Waals surface area contributed by atoms with E-state index >= 15 is 0 Å². The number of alkyl halides is 3. The number of rotatable bonds is 4. The van der Waals surface area contributed by atoms with Gasteiger partial charge in [-0.25, -0.2) is 4.98 Å². The number of aliphatic hydroxyl groups is 1. The van der Waals surface area contributed by atoms with Gasteiger partial charge >= 0.3 is 6.18 Å². The zero-order valence-electron chi connectivity index (χ0n) is 12.1. The molecule has 0 saturated carbocycles. The Balaban J connectivity index is 2.22. The van der Waals surface area contributed by atoms with Crippen molar-refractivity contribution in [2.45, 2.75) is 30.7 Å². The highest BCUT2D eigenvalue weighted by Crippen LogP contribution is 2.32. The Morgan fingerprint density at radius 2 is 2.00 bits per heavy atom. The van der Waals surface area contributed by atoms with Crippen LogP contribution in [0.3, 0.4) is 0 Å². The van der Waals surface area contributed by atoms with Crippen molar-refractivity contribution in [2.75, 3.05) is 5.75 Å². The third-order valence-electron chi connectivity index (χ3n) is 3.34. The lowest BCUT2D eigenvalue weighted by atomic mass is 10.3. The molecule has 3 aromatic rings. The summed E-state index contributed by atoms with van der Waals surface area (Å²) in [4.78, 5) is 4.37. The van der Waals surface area contributed by atoms with E-state index < -0.39 is 18.1 Å². The van der Waals surface area contributed by atoms with E-state index in [2.05, 4.69) is 15.2 Å². The van der Waals surface area contributed by atoms with E-state index in [1.54, 1.807) is 24.3 Å². The largest absolute Gasteiger partial charge is 0.452 e. The maximum absolute atomic E-state index is 13.2. The Labute approximate surface area is 133 Å². The van der Waals surface area contributed by atoms with Crippen LogP contribution in [0.5, 0.6) is 0 Å². The number of fused-ring (bicyclic) bond motifs is 3. The number of benzene rings is 1. The molecule has 0 fully saturated rings. The minimum atomic E-state index is -4.62. The molecule has 9 heteroatoms. The molecule has 3 rings (SSSR count). The van der Waals surface area contributed by atoms with Crippen molar-refractivity contribution in [2.24, 2.45) is 0 Å². The highest BCUT2D eigenvalue weighted by atomic mass is 32.2. The number of para-hydroxylation sites is 2. The summed E-state index contributed by atoms with van der Waals surface area (Å²) in [6.45, 7) is 1.83. The lowest BCUT2D eigenvalue weighted by Crippen LogP contribution is -2.12. The van der Waals surface area contributed by atoms with E-state index in [4.69, 9.17) is 0 Å². The zero-order chi connectivity index (χ0) is 16.6. The first-order chi connectivity index (χ1) is 10.9.